The Morgan fingerprint density at radius 1 is 1.12 bits per heavy atom. The van der Waals surface area contributed by atoms with Crippen molar-refractivity contribution in [3.05, 3.63) is 34.5 Å². The molecule has 1 aromatic carbocycles. The molecule has 1 saturated carbocycles. The summed E-state index contributed by atoms with van der Waals surface area (Å²) in [5.74, 6) is -0.730. The summed E-state index contributed by atoms with van der Waals surface area (Å²) < 4.78 is 59.0. The van der Waals surface area contributed by atoms with Gasteiger partial charge in [-0.3, -0.25) is 14.8 Å². The number of anilines is 2. The number of likely N-dealkylation sites (tertiary alicyclic amines) is 2. The number of hydrogen-bond acceptors (Lipinski definition) is 12. The van der Waals surface area contributed by atoms with Gasteiger partial charge in [0.15, 0.2) is 11.6 Å². The Kier molecular flexibility index (Phi) is 8.04. The Morgan fingerprint density at radius 2 is 1.88 bits per heavy atom. The Balaban J connectivity index is 1.19. The number of nitrogens with two attached hydrogens (primary N) is 1. The van der Waals surface area contributed by atoms with Gasteiger partial charge in [0.2, 0.25) is 0 Å². The van der Waals surface area contributed by atoms with Crippen molar-refractivity contribution in [2.24, 2.45) is 5.41 Å². The maximum absolute atomic E-state index is 17.5. The highest BCUT2D eigenvalue weighted by atomic mass is 32.1. The molecule has 4 fully saturated rings. The minimum Gasteiger partial charge on any atom is -0.463 e. The number of rotatable bonds is 9. The number of benzene rings is 1. The average Bonchev–Trinajstić information content (AvgIpc) is 3.40. The molecule has 1 aliphatic carbocycles. The highest BCUT2D eigenvalue weighted by molar-refractivity contribution is 7.23. The highest BCUT2D eigenvalue weighted by Crippen LogP contribution is 2.50. The SMILES string of the molecule is C[C@@H](O)CN1CC2CCC(C1)N2c1nc(OCC2(CN3CC[C@H](F)C3)CC2)nc2c(F)c(-c3ncc(F)c4sc(N)c(C#N)c34)c3c(c12)COC3. The molecule has 2 unspecified atom stereocenters. The van der Waals surface area contributed by atoms with E-state index in [0.29, 0.717) is 42.9 Å². The largest absolute Gasteiger partial charge is 0.463 e. The second-order valence-corrected chi connectivity index (χ2v) is 16.1. The van der Waals surface area contributed by atoms with Crippen LogP contribution in [0.4, 0.5) is 24.0 Å². The topological polar surface area (TPSA) is 137 Å². The Morgan fingerprint density at radius 3 is 2.57 bits per heavy atom. The molecule has 5 aliphatic rings. The first kappa shape index (κ1) is 33.1. The number of nitrogen functional groups attached to an aromatic ring is 1. The van der Waals surface area contributed by atoms with Crippen molar-refractivity contribution in [3.8, 4) is 23.3 Å². The number of aliphatic hydroxyl groups excluding tert-OH is 1. The summed E-state index contributed by atoms with van der Waals surface area (Å²) in [6, 6.07) is 2.28. The molecule has 3 aromatic heterocycles. The summed E-state index contributed by atoms with van der Waals surface area (Å²) in [5, 5.41) is 21.0. The fourth-order valence-electron chi connectivity index (χ4n) is 8.88. The lowest BCUT2D eigenvalue weighted by molar-refractivity contribution is 0.111. The summed E-state index contributed by atoms with van der Waals surface area (Å²) in [4.78, 5) is 20.9. The first-order valence-corrected chi connectivity index (χ1v) is 18.5. The third-order valence-corrected chi connectivity index (χ3v) is 12.4. The van der Waals surface area contributed by atoms with Crippen molar-refractivity contribution in [3.63, 3.8) is 0 Å². The van der Waals surface area contributed by atoms with E-state index in [1.54, 1.807) is 6.92 Å². The molecule has 3 N–H and O–H groups in total. The lowest BCUT2D eigenvalue weighted by Gasteiger charge is -2.42. The minimum atomic E-state index is -0.806. The minimum absolute atomic E-state index is 0.0469. The highest BCUT2D eigenvalue weighted by Gasteiger charge is 2.47. The van der Waals surface area contributed by atoms with Crippen LogP contribution in [0.5, 0.6) is 6.01 Å². The van der Waals surface area contributed by atoms with Crippen molar-refractivity contribution in [1.29, 1.82) is 5.26 Å². The van der Waals surface area contributed by atoms with Crippen LogP contribution >= 0.6 is 11.3 Å². The van der Waals surface area contributed by atoms with Gasteiger partial charge in [0.05, 0.1) is 53.5 Å². The van der Waals surface area contributed by atoms with E-state index in [-0.39, 0.29) is 74.1 Å². The lowest BCUT2D eigenvalue weighted by Crippen LogP contribution is -2.55. The lowest BCUT2D eigenvalue weighted by atomic mass is 9.93. The number of pyridine rings is 1. The Hall–Kier alpha value is -3.81. The molecule has 15 heteroatoms. The molecule has 0 amide bonds. The van der Waals surface area contributed by atoms with Crippen LogP contribution in [0.3, 0.4) is 0 Å². The molecule has 268 valence electrons. The fourth-order valence-corrected chi connectivity index (χ4v) is 9.80. The number of β-amino-alcohol motifs (C(OH)–C–C–N with tert-alkyl or cyclic N) is 1. The molecule has 0 spiro atoms. The maximum atomic E-state index is 17.5. The van der Waals surface area contributed by atoms with Gasteiger partial charge in [-0.25, -0.2) is 13.2 Å². The zero-order chi connectivity index (χ0) is 35.2. The predicted octanol–water partition coefficient (Wildman–Crippen LogP) is 4.91. The van der Waals surface area contributed by atoms with Gasteiger partial charge in [0.1, 0.15) is 28.6 Å². The standard InChI is InChI=1S/C36H39F3N8O3S/c1-18(48)10-46-12-20-2-3-21(13-46)47(20)34-28-24-15-49-14-23(24)26(30-27-22(8-40)33(41)51-32(27)25(38)9-42-30)29(39)31(28)43-35(44-34)50-17-36(5-6-36)16-45-7-4-19(37)11-45/h9,18-21,48H,2-7,10-17,41H2,1H3/t18-,19+,20?,21?/m1/s1. The fraction of sp³-hybridized carbons (Fsp3) is 0.556. The van der Waals surface area contributed by atoms with Crippen LogP contribution in [0.25, 0.3) is 32.2 Å². The van der Waals surface area contributed by atoms with E-state index in [2.05, 4.69) is 25.8 Å². The van der Waals surface area contributed by atoms with E-state index in [1.165, 1.54) is 0 Å². The molecule has 4 aliphatic heterocycles. The molecule has 2 bridgehead atoms. The Bertz CT molecular complexity index is 2090. The van der Waals surface area contributed by atoms with Gasteiger partial charge in [0.25, 0.3) is 0 Å². The Labute approximate surface area is 296 Å². The number of aliphatic hydroxyl groups is 1. The number of hydrogen-bond donors (Lipinski definition) is 2. The molecule has 51 heavy (non-hydrogen) atoms. The first-order chi connectivity index (χ1) is 24.6. The summed E-state index contributed by atoms with van der Waals surface area (Å²) >= 11 is 0.933. The van der Waals surface area contributed by atoms with E-state index in [9.17, 15) is 14.8 Å². The second kappa shape index (κ2) is 12.4. The third-order valence-electron chi connectivity index (χ3n) is 11.4. The maximum Gasteiger partial charge on any atom is 0.319 e. The molecule has 7 heterocycles. The molecule has 4 atom stereocenters. The average molecular weight is 721 g/mol. The van der Waals surface area contributed by atoms with Crippen LogP contribution in [-0.4, -0.2) is 100 Å². The van der Waals surface area contributed by atoms with Crippen molar-refractivity contribution in [1.82, 2.24) is 24.8 Å². The van der Waals surface area contributed by atoms with Crippen molar-refractivity contribution in [2.75, 3.05) is 56.5 Å². The third kappa shape index (κ3) is 5.58. The molecule has 11 nitrogen and oxygen atoms in total. The van der Waals surface area contributed by atoms with Gasteiger partial charge >= 0.3 is 6.01 Å². The van der Waals surface area contributed by atoms with Gasteiger partial charge < -0.3 is 25.2 Å². The molecular weight excluding hydrogens is 682 g/mol. The smallest absolute Gasteiger partial charge is 0.319 e. The van der Waals surface area contributed by atoms with E-state index in [0.717, 1.165) is 75.0 Å². The number of fused-ring (bicyclic) bond motifs is 6. The van der Waals surface area contributed by atoms with Crippen LogP contribution in [0, 0.1) is 28.4 Å². The molecule has 0 radical (unpaired) electrons. The number of nitriles is 1. The summed E-state index contributed by atoms with van der Waals surface area (Å²) in [5.41, 5.74) is 7.60. The number of ether oxygens (including phenoxy) is 2. The number of thiophene rings is 1. The van der Waals surface area contributed by atoms with Crippen LogP contribution < -0.4 is 15.4 Å². The quantitative estimate of drug-likeness (QED) is 0.244. The van der Waals surface area contributed by atoms with Crippen molar-refractivity contribution < 1.29 is 27.8 Å². The van der Waals surface area contributed by atoms with Crippen LogP contribution in [-0.2, 0) is 18.0 Å². The number of halogens is 3. The van der Waals surface area contributed by atoms with Gasteiger partial charge in [-0.15, -0.1) is 11.3 Å². The first-order valence-electron chi connectivity index (χ1n) is 17.7. The molecular formula is C36H39F3N8O3S. The number of nitrogens with zero attached hydrogens (tertiary/aromatic N) is 7. The summed E-state index contributed by atoms with van der Waals surface area (Å²) in [6.07, 6.45) is 4.04. The van der Waals surface area contributed by atoms with Crippen LogP contribution in [0.1, 0.15) is 55.7 Å². The number of piperazine rings is 1. The summed E-state index contributed by atoms with van der Waals surface area (Å²) in [7, 11) is 0. The van der Waals surface area contributed by atoms with E-state index in [1.807, 2.05) is 0 Å². The van der Waals surface area contributed by atoms with Gasteiger partial charge in [-0.1, -0.05) is 0 Å². The predicted molar refractivity (Wildman–Crippen MR) is 186 cm³/mol. The van der Waals surface area contributed by atoms with Crippen molar-refractivity contribution >= 4 is 43.1 Å². The molecule has 3 saturated heterocycles. The zero-order valence-electron chi connectivity index (χ0n) is 28.3. The van der Waals surface area contributed by atoms with E-state index >= 15 is 8.78 Å². The number of alkyl halides is 1. The normalized spacial score (nSPS) is 24.8. The molecule has 9 rings (SSSR count). The van der Waals surface area contributed by atoms with Gasteiger partial charge in [-0.2, -0.15) is 15.2 Å². The van der Waals surface area contributed by atoms with E-state index < -0.39 is 23.9 Å². The van der Waals surface area contributed by atoms with Crippen molar-refractivity contribution in [2.45, 2.75) is 76.6 Å². The summed E-state index contributed by atoms with van der Waals surface area (Å²) in [6.45, 7) is 6.28. The van der Waals surface area contributed by atoms with E-state index in [4.69, 9.17) is 25.2 Å². The molecule has 4 aromatic rings. The van der Waals surface area contributed by atoms with Crippen LogP contribution in [0.15, 0.2) is 6.20 Å². The number of aromatic nitrogens is 3. The van der Waals surface area contributed by atoms with Gasteiger partial charge in [0, 0.05) is 67.7 Å². The monoisotopic (exact) mass is 720 g/mol. The second-order valence-electron chi connectivity index (χ2n) is 15.1. The zero-order valence-corrected chi connectivity index (χ0v) is 29.1. The van der Waals surface area contributed by atoms with Crippen LogP contribution in [0.2, 0.25) is 0 Å². The van der Waals surface area contributed by atoms with Gasteiger partial charge in [-0.05, 0) is 50.2 Å².